The molecule has 25 heavy (non-hydrogen) atoms. The van der Waals surface area contributed by atoms with Crippen molar-refractivity contribution in [2.75, 3.05) is 18.0 Å². The van der Waals surface area contributed by atoms with Crippen molar-refractivity contribution in [3.63, 3.8) is 0 Å². The van der Waals surface area contributed by atoms with Crippen molar-refractivity contribution in [2.45, 2.75) is 31.7 Å². The van der Waals surface area contributed by atoms with Gasteiger partial charge in [-0.05, 0) is 37.1 Å². The fraction of sp³-hybridized carbons (Fsp3) is 0.350. The summed E-state index contributed by atoms with van der Waals surface area (Å²) < 4.78 is 0. The Labute approximate surface area is 153 Å². The van der Waals surface area contributed by atoms with Crippen molar-refractivity contribution < 1.29 is 5.11 Å². The maximum Gasteiger partial charge on any atom is 0.182 e. The van der Waals surface area contributed by atoms with Crippen LogP contribution in [0.25, 0.3) is 0 Å². The van der Waals surface area contributed by atoms with E-state index in [0.29, 0.717) is 5.02 Å². The largest absolute Gasteiger partial charge is 0.369 e. The number of likely N-dealkylation sites (tertiary alicyclic amines) is 1. The molecule has 4 nitrogen and oxygen atoms in total. The molecule has 2 aromatic carbocycles. The molecule has 0 radical (unpaired) electrons. The first kappa shape index (κ1) is 16.6. The Balaban J connectivity index is 1.75. The van der Waals surface area contributed by atoms with Gasteiger partial charge in [-0.3, -0.25) is 4.90 Å². The highest BCUT2D eigenvalue weighted by Gasteiger charge is 2.40. The number of benzene rings is 2. The van der Waals surface area contributed by atoms with Gasteiger partial charge in [0.2, 0.25) is 0 Å². The normalized spacial score (nSPS) is 24.4. The molecular formula is C20H22ClN3O. The number of halogens is 1. The Kier molecular flexibility index (Phi) is 4.75. The summed E-state index contributed by atoms with van der Waals surface area (Å²) >= 11 is 6.08. The van der Waals surface area contributed by atoms with Crippen molar-refractivity contribution in [1.82, 2.24) is 4.90 Å². The molecule has 0 bridgehead atoms. The zero-order valence-electron chi connectivity index (χ0n) is 14.1. The van der Waals surface area contributed by atoms with Gasteiger partial charge in [-0.1, -0.05) is 48.4 Å². The third-order valence-corrected chi connectivity index (χ3v) is 5.17. The molecule has 0 spiro atoms. The average molecular weight is 356 g/mol. The van der Waals surface area contributed by atoms with Gasteiger partial charge in [0.25, 0.3) is 0 Å². The van der Waals surface area contributed by atoms with Crippen LogP contribution in [0.15, 0.2) is 59.6 Å². The third-order valence-electron chi connectivity index (χ3n) is 4.92. The molecule has 0 saturated carbocycles. The van der Waals surface area contributed by atoms with E-state index < -0.39 is 6.23 Å². The second-order valence-electron chi connectivity index (χ2n) is 6.59. The van der Waals surface area contributed by atoms with Crippen LogP contribution in [-0.4, -0.2) is 41.3 Å². The first-order valence-electron chi connectivity index (χ1n) is 8.84. The highest BCUT2D eigenvalue weighted by Crippen LogP contribution is 2.31. The van der Waals surface area contributed by atoms with E-state index >= 15 is 0 Å². The first-order chi connectivity index (χ1) is 12.2. The van der Waals surface area contributed by atoms with Gasteiger partial charge >= 0.3 is 0 Å². The molecule has 2 unspecified atom stereocenters. The number of rotatable bonds is 3. The quantitative estimate of drug-likeness (QED) is 0.911. The molecule has 4 rings (SSSR count). The molecule has 2 aliphatic heterocycles. The topological polar surface area (TPSA) is 39.1 Å². The molecule has 2 aliphatic rings. The number of hydrogen-bond acceptors (Lipinski definition) is 4. The predicted octanol–water partition coefficient (Wildman–Crippen LogP) is 3.74. The second-order valence-corrected chi connectivity index (χ2v) is 7.03. The third kappa shape index (κ3) is 3.30. The summed E-state index contributed by atoms with van der Waals surface area (Å²) in [4.78, 5) is 9.12. The molecule has 1 fully saturated rings. The van der Waals surface area contributed by atoms with Crippen molar-refractivity contribution >= 4 is 23.1 Å². The van der Waals surface area contributed by atoms with Crippen molar-refractivity contribution in [3.8, 4) is 0 Å². The molecule has 0 aromatic heterocycles. The Morgan fingerprint density at radius 3 is 2.28 bits per heavy atom. The lowest BCUT2D eigenvalue weighted by molar-refractivity contribution is 0.0576. The van der Waals surface area contributed by atoms with Gasteiger partial charge < -0.3 is 10.0 Å². The summed E-state index contributed by atoms with van der Waals surface area (Å²) in [5.74, 6) is 0.811. The summed E-state index contributed by atoms with van der Waals surface area (Å²) in [5, 5.41) is 11.5. The maximum absolute atomic E-state index is 10.8. The standard InChI is InChI=1S/C20H22ClN3O/c21-16-9-11-17(12-10-16)24-18(15-7-3-1-4-8-15)22-19(25)20(24)23-13-5-2-6-14-23/h1,3-4,7-12,19-20,25H,2,5-6,13-14H2. The lowest BCUT2D eigenvalue weighted by Crippen LogP contribution is -2.54. The first-order valence-corrected chi connectivity index (χ1v) is 9.22. The fourth-order valence-corrected chi connectivity index (χ4v) is 3.85. The van der Waals surface area contributed by atoms with E-state index in [1.54, 1.807) is 0 Å². The van der Waals surface area contributed by atoms with E-state index in [2.05, 4.69) is 14.8 Å². The van der Waals surface area contributed by atoms with E-state index in [9.17, 15) is 5.11 Å². The van der Waals surface area contributed by atoms with Gasteiger partial charge in [-0.25, -0.2) is 4.99 Å². The molecule has 2 heterocycles. The van der Waals surface area contributed by atoms with Gasteiger partial charge in [0, 0.05) is 29.4 Å². The Morgan fingerprint density at radius 1 is 0.920 bits per heavy atom. The average Bonchev–Trinajstić information content (AvgIpc) is 3.01. The molecular weight excluding hydrogens is 334 g/mol. The molecule has 1 saturated heterocycles. The number of aliphatic imine (C=N–C) groups is 1. The van der Waals surface area contributed by atoms with Crippen molar-refractivity contribution in [3.05, 3.63) is 65.2 Å². The van der Waals surface area contributed by atoms with E-state index in [1.165, 1.54) is 19.3 Å². The molecule has 2 aromatic rings. The van der Waals surface area contributed by atoms with Crippen molar-refractivity contribution in [1.29, 1.82) is 0 Å². The van der Waals surface area contributed by atoms with Crippen LogP contribution in [0.4, 0.5) is 5.69 Å². The zero-order valence-corrected chi connectivity index (χ0v) is 14.8. The van der Waals surface area contributed by atoms with E-state index in [0.717, 1.165) is 30.2 Å². The summed E-state index contributed by atoms with van der Waals surface area (Å²) in [6.07, 6.45) is 2.66. The van der Waals surface area contributed by atoms with Crippen LogP contribution in [0.3, 0.4) is 0 Å². The van der Waals surface area contributed by atoms with Crippen LogP contribution in [0, 0.1) is 0 Å². The monoisotopic (exact) mass is 355 g/mol. The molecule has 2 atom stereocenters. The van der Waals surface area contributed by atoms with Gasteiger partial charge in [0.1, 0.15) is 12.0 Å². The SMILES string of the molecule is OC1N=C(c2ccccc2)N(c2ccc(Cl)cc2)C1N1CCCCC1. The molecule has 5 heteroatoms. The summed E-state index contributed by atoms with van der Waals surface area (Å²) in [6.45, 7) is 1.98. The fourth-order valence-electron chi connectivity index (χ4n) is 3.73. The Hall–Kier alpha value is -1.88. The molecule has 0 amide bonds. The van der Waals surface area contributed by atoms with Crippen molar-refractivity contribution in [2.24, 2.45) is 4.99 Å². The summed E-state index contributed by atoms with van der Waals surface area (Å²) in [7, 11) is 0. The van der Waals surface area contributed by atoms with Crippen LogP contribution in [0.2, 0.25) is 5.02 Å². The number of aliphatic hydroxyl groups excluding tert-OH is 1. The molecule has 130 valence electrons. The minimum Gasteiger partial charge on any atom is -0.369 e. The van der Waals surface area contributed by atoms with Gasteiger partial charge in [0.05, 0.1) is 0 Å². The summed E-state index contributed by atoms with van der Waals surface area (Å²) in [5.41, 5.74) is 2.01. The maximum atomic E-state index is 10.8. The van der Waals surface area contributed by atoms with Crippen LogP contribution >= 0.6 is 11.6 Å². The van der Waals surface area contributed by atoms with Crippen LogP contribution in [0.5, 0.6) is 0 Å². The molecule has 0 aliphatic carbocycles. The van der Waals surface area contributed by atoms with Gasteiger partial charge in [0.15, 0.2) is 6.23 Å². The Bertz CT molecular complexity index is 741. The number of nitrogens with zero attached hydrogens (tertiary/aromatic N) is 3. The highest BCUT2D eigenvalue weighted by molar-refractivity contribution is 6.30. The predicted molar refractivity (Wildman–Crippen MR) is 102 cm³/mol. The number of anilines is 1. The van der Waals surface area contributed by atoms with Crippen LogP contribution < -0.4 is 4.90 Å². The summed E-state index contributed by atoms with van der Waals surface area (Å²) in [6, 6.07) is 17.8. The van der Waals surface area contributed by atoms with Crippen LogP contribution in [0.1, 0.15) is 24.8 Å². The second kappa shape index (κ2) is 7.16. The zero-order chi connectivity index (χ0) is 17.2. The number of amidine groups is 1. The minimum absolute atomic E-state index is 0.170. The number of piperidine rings is 1. The van der Waals surface area contributed by atoms with E-state index in [4.69, 9.17) is 11.6 Å². The number of aliphatic hydroxyl groups is 1. The Morgan fingerprint density at radius 2 is 1.60 bits per heavy atom. The lowest BCUT2D eigenvalue weighted by atomic mass is 10.1. The van der Waals surface area contributed by atoms with Crippen LogP contribution in [-0.2, 0) is 0 Å². The number of hydrogen-bond donors (Lipinski definition) is 1. The highest BCUT2D eigenvalue weighted by atomic mass is 35.5. The molecule has 1 N–H and O–H groups in total. The van der Waals surface area contributed by atoms with E-state index in [-0.39, 0.29) is 6.17 Å². The smallest absolute Gasteiger partial charge is 0.182 e. The van der Waals surface area contributed by atoms with Gasteiger partial charge in [-0.2, -0.15) is 0 Å². The van der Waals surface area contributed by atoms with Gasteiger partial charge in [-0.15, -0.1) is 0 Å². The van der Waals surface area contributed by atoms with E-state index in [1.807, 2.05) is 54.6 Å². The minimum atomic E-state index is -0.760. The lowest BCUT2D eigenvalue weighted by Gasteiger charge is -2.39.